The van der Waals surface area contributed by atoms with Crippen molar-refractivity contribution in [2.45, 2.75) is 25.4 Å². The minimum absolute atomic E-state index is 0.0901. The molecule has 0 bridgehead atoms. The number of ether oxygens (including phenoxy) is 2. The third-order valence-corrected chi connectivity index (χ3v) is 6.85. The second-order valence-electron chi connectivity index (χ2n) is 8.60. The quantitative estimate of drug-likeness (QED) is 0.261. The van der Waals surface area contributed by atoms with Crippen molar-refractivity contribution in [2.75, 3.05) is 13.7 Å². The molecule has 186 valence electrons. The van der Waals surface area contributed by atoms with Crippen molar-refractivity contribution in [3.05, 3.63) is 81.2 Å². The van der Waals surface area contributed by atoms with Gasteiger partial charge >= 0.3 is 6.18 Å². The number of thiazole rings is 1. The molecule has 0 aliphatic heterocycles. The number of fused-ring (bicyclic) bond motifs is 1. The van der Waals surface area contributed by atoms with Crippen LogP contribution in [0.5, 0.6) is 11.5 Å². The van der Waals surface area contributed by atoms with Crippen molar-refractivity contribution in [3.63, 3.8) is 0 Å². The van der Waals surface area contributed by atoms with E-state index in [0.717, 1.165) is 18.6 Å². The van der Waals surface area contributed by atoms with Crippen LogP contribution in [0.4, 0.5) is 13.2 Å². The van der Waals surface area contributed by atoms with Gasteiger partial charge in [-0.3, -0.25) is 9.20 Å². The molecule has 1 saturated carbocycles. The van der Waals surface area contributed by atoms with Crippen molar-refractivity contribution < 1.29 is 22.6 Å². The van der Waals surface area contributed by atoms with E-state index in [2.05, 4.69) is 4.98 Å². The van der Waals surface area contributed by atoms with Crippen LogP contribution in [0.25, 0.3) is 28.2 Å². The van der Waals surface area contributed by atoms with Crippen molar-refractivity contribution in [3.8, 4) is 22.6 Å². The van der Waals surface area contributed by atoms with E-state index in [0.29, 0.717) is 34.5 Å². The summed E-state index contributed by atoms with van der Waals surface area (Å²) in [4.78, 5) is 18.4. The Morgan fingerprint density at radius 3 is 2.72 bits per heavy atom. The number of alkyl halides is 3. The Hall–Kier alpha value is -3.59. The molecule has 5 rings (SSSR count). The summed E-state index contributed by atoms with van der Waals surface area (Å²) in [6.45, 7) is 0.558. The van der Waals surface area contributed by atoms with Gasteiger partial charge < -0.3 is 9.47 Å². The maximum absolute atomic E-state index is 13.4. The lowest BCUT2D eigenvalue weighted by molar-refractivity contribution is -0.137. The lowest BCUT2D eigenvalue weighted by Gasteiger charge is -2.13. The number of aromatic nitrogens is 2. The predicted molar refractivity (Wildman–Crippen MR) is 135 cm³/mol. The van der Waals surface area contributed by atoms with Gasteiger partial charge in [0.05, 0.1) is 30.5 Å². The van der Waals surface area contributed by atoms with E-state index >= 15 is 0 Å². The summed E-state index contributed by atoms with van der Waals surface area (Å²) in [5.41, 5.74) is -0.0426. The molecule has 4 aromatic rings. The van der Waals surface area contributed by atoms with Crippen LogP contribution in [-0.2, 0) is 6.18 Å². The Balaban J connectivity index is 1.59. The van der Waals surface area contributed by atoms with Crippen molar-refractivity contribution in [1.29, 1.82) is 0 Å². The third kappa shape index (κ3) is 5.02. The van der Waals surface area contributed by atoms with E-state index in [1.165, 1.54) is 40.7 Å². The normalized spacial score (nSPS) is 14.0. The van der Waals surface area contributed by atoms with Crippen molar-refractivity contribution in [2.24, 2.45) is 5.92 Å². The Kier molecular flexibility index (Phi) is 6.57. The highest BCUT2D eigenvalue weighted by Crippen LogP contribution is 2.36. The van der Waals surface area contributed by atoms with Gasteiger partial charge in [0.25, 0.3) is 5.56 Å². The van der Waals surface area contributed by atoms with Gasteiger partial charge in [0.15, 0.2) is 16.5 Å². The second kappa shape index (κ2) is 9.81. The molecule has 9 heteroatoms. The summed E-state index contributed by atoms with van der Waals surface area (Å²) in [6.07, 6.45) is 3.84. The van der Waals surface area contributed by atoms with Crippen LogP contribution in [0.3, 0.4) is 0 Å². The molecule has 2 heterocycles. The number of nitrogens with zero attached hydrogens (tertiary/aromatic N) is 2. The van der Waals surface area contributed by atoms with E-state index < -0.39 is 17.3 Å². The number of benzene rings is 2. The van der Waals surface area contributed by atoms with E-state index in [-0.39, 0.29) is 16.8 Å². The Labute approximate surface area is 209 Å². The molecule has 2 aromatic carbocycles. The van der Waals surface area contributed by atoms with Crippen LogP contribution in [0, 0.1) is 5.92 Å². The number of hydrogen-bond donors (Lipinski definition) is 0. The molecule has 1 aliphatic carbocycles. The first-order chi connectivity index (χ1) is 17.3. The highest BCUT2D eigenvalue weighted by molar-refractivity contribution is 7.15. The third-order valence-electron chi connectivity index (χ3n) is 6.09. The lowest BCUT2D eigenvalue weighted by atomic mass is 10.0. The fourth-order valence-electron chi connectivity index (χ4n) is 4.02. The van der Waals surface area contributed by atoms with E-state index in [4.69, 9.17) is 9.47 Å². The SMILES string of the molecule is COc1cccc(/C=C/c2nc3sccn3c(=O)c2-c2cccc(C(F)(F)F)c2)c1OCCC1CC1. The van der Waals surface area contributed by atoms with Crippen LogP contribution in [-0.4, -0.2) is 23.1 Å². The molecule has 0 amide bonds. The van der Waals surface area contributed by atoms with Crippen molar-refractivity contribution in [1.82, 2.24) is 9.38 Å². The highest BCUT2D eigenvalue weighted by atomic mass is 32.1. The molecule has 0 saturated heterocycles. The zero-order chi connectivity index (χ0) is 25.3. The van der Waals surface area contributed by atoms with Crippen molar-refractivity contribution >= 4 is 28.4 Å². The number of halogens is 3. The average Bonchev–Trinajstić information content (AvgIpc) is 3.56. The first-order valence-electron chi connectivity index (χ1n) is 11.5. The predicted octanol–water partition coefficient (Wildman–Crippen LogP) is 6.80. The lowest BCUT2D eigenvalue weighted by Crippen LogP contribution is -2.17. The molecule has 2 aromatic heterocycles. The van der Waals surface area contributed by atoms with Gasteiger partial charge in [-0.25, -0.2) is 4.98 Å². The maximum Gasteiger partial charge on any atom is 0.416 e. The number of rotatable bonds is 8. The van der Waals surface area contributed by atoms with Gasteiger partial charge in [-0.05, 0) is 48.3 Å². The molecule has 0 spiro atoms. The number of methoxy groups -OCH3 is 1. The summed E-state index contributed by atoms with van der Waals surface area (Å²) in [5, 5.41) is 1.71. The zero-order valence-electron chi connectivity index (χ0n) is 19.4. The summed E-state index contributed by atoms with van der Waals surface area (Å²) in [6, 6.07) is 10.2. The highest BCUT2D eigenvalue weighted by Gasteiger charge is 2.31. The molecule has 0 unspecified atom stereocenters. The van der Waals surface area contributed by atoms with Gasteiger partial charge in [0.1, 0.15) is 0 Å². The van der Waals surface area contributed by atoms with Gasteiger partial charge in [0.2, 0.25) is 0 Å². The summed E-state index contributed by atoms with van der Waals surface area (Å²) in [5.74, 6) is 1.86. The molecule has 0 atom stereocenters. The molecule has 0 N–H and O–H groups in total. The Bertz CT molecular complexity index is 1490. The summed E-state index contributed by atoms with van der Waals surface area (Å²) < 4.78 is 53.1. The van der Waals surface area contributed by atoms with E-state index in [1.807, 2.05) is 12.1 Å². The smallest absolute Gasteiger partial charge is 0.416 e. The maximum atomic E-state index is 13.4. The summed E-state index contributed by atoms with van der Waals surface area (Å²) in [7, 11) is 1.57. The van der Waals surface area contributed by atoms with Gasteiger partial charge in [-0.15, -0.1) is 11.3 Å². The van der Waals surface area contributed by atoms with Crippen LogP contribution >= 0.6 is 11.3 Å². The molecule has 5 nitrogen and oxygen atoms in total. The fraction of sp³-hybridized carbons (Fsp3) is 0.259. The minimum Gasteiger partial charge on any atom is -0.493 e. The fourth-order valence-corrected chi connectivity index (χ4v) is 4.73. The minimum atomic E-state index is -4.53. The van der Waals surface area contributed by atoms with Crippen LogP contribution in [0.15, 0.2) is 58.8 Å². The molecule has 1 fully saturated rings. The topological polar surface area (TPSA) is 52.8 Å². The Morgan fingerprint density at radius 2 is 1.97 bits per heavy atom. The first-order valence-corrected chi connectivity index (χ1v) is 12.4. The van der Waals surface area contributed by atoms with Gasteiger partial charge in [0, 0.05) is 17.1 Å². The molecular weight excluding hydrogens is 489 g/mol. The van der Waals surface area contributed by atoms with Gasteiger partial charge in [-0.1, -0.05) is 37.1 Å². The van der Waals surface area contributed by atoms with E-state index in [1.54, 1.807) is 36.9 Å². The summed E-state index contributed by atoms with van der Waals surface area (Å²) >= 11 is 1.27. The number of hydrogen-bond acceptors (Lipinski definition) is 5. The average molecular weight is 513 g/mol. The zero-order valence-corrected chi connectivity index (χ0v) is 20.2. The first kappa shape index (κ1) is 24.1. The largest absolute Gasteiger partial charge is 0.493 e. The molecular formula is C27H23F3N2O3S. The van der Waals surface area contributed by atoms with E-state index in [9.17, 15) is 18.0 Å². The van der Waals surface area contributed by atoms with Crippen LogP contribution < -0.4 is 15.0 Å². The molecule has 1 aliphatic rings. The van der Waals surface area contributed by atoms with Gasteiger partial charge in [-0.2, -0.15) is 13.2 Å². The Morgan fingerprint density at radius 1 is 1.17 bits per heavy atom. The van der Waals surface area contributed by atoms with Crippen LogP contribution in [0.1, 0.15) is 36.1 Å². The monoisotopic (exact) mass is 512 g/mol. The standard InChI is InChI=1S/C27H23F3N2O3S/c1-34-22-7-3-4-18(24(22)35-14-12-17-8-9-17)10-11-21-23(25(33)32-13-15-36-26(32)31-21)19-5-2-6-20(16-19)27(28,29)30/h2-7,10-11,13,15-17H,8-9,12,14H2,1H3/b11-10+. The number of para-hydroxylation sites is 1. The van der Waals surface area contributed by atoms with Crippen LogP contribution in [0.2, 0.25) is 0 Å². The molecule has 0 radical (unpaired) electrons. The second-order valence-corrected chi connectivity index (χ2v) is 9.48. The molecule has 36 heavy (non-hydrogen) atoms.